The second-order valence-electron chi connectivity index (χ2n) is 9.56. The van der Waals surface area contributed by atoms with Gasteiger partial charge in [0.2, 0.25) is 0 Å². The normalized spacial score (nSPS) is 13.9. The first kappa shape index (κ1) is 28.3. The number of carbonyl (C=O) groups is 1. The van der Waals surface area contributed by atoms with E-state index in [9.17, 15) is 4.79 Å². The van der Waals surface area contributed by atoms with Crippen LogP contribution in [0.5, 0.6) is 5.75 Å². The highest BCUT2D eigenvalue weighted by Crippen LogP contribution is 2.30. The van der Waals surface area contributed by atoms with Gasteiger partial charge in [0.25, 0.3) is 5.91 Å². The molecule has 0 aromatic heterocycles. The molecule has 1 heterocycles. The quantitative estimate of drug-likeness (QED) is 0.206. The van der Waals surface area contributed by atoms with Crippen molar-refractivity contribution in [3.05, 3.63) is 100 Å². The fourth-order valence-electron chi connectivity index (χ4n) is 4.79. The van der Waals surface area contributed by atoms with Gasteiger partial charge in [-0.1, -0.05) is 86.8 Å². The summed E-state index contributed by atoms with van der Waals surface area (Å²) in [6.45, 7) is 6.07. The summed E-state index contributed by atoms with van der Waals surface area (Å²) in [4.78, 5) is 17.5. The van der Waals surface area contributed by atoms with Crippen LogP contribution in [0.1, 0.15) is 60.1 Å². The lowest BCUT2D eigenvalue weighted by molar-refractivity contribution is 0.0967. The van der Waals surface area contributed by atoms with Crippen molar-refractivity contribution in [2.45, 2.75) is 38.6 Å². The van der Waals surface area contributed by atoms with Crippen molar-refractivity contribution in [2.75, 3.05) is 32.8 Å². The number of benzene rings is 3. The highest BCUT2D eigenvalue weighted by molar-refractivity contribution is 9.10. The zero-order valence-electron chi connectivity index (χ0n) is 21.9. The number of piperazine rings is 1. The molecule has 1 fully saturated rings. The number of rotatable bonds is 10. The Labute approximate surface area is 240 Å². The molecule has 3 aromatic rings. The van der Waals surface area contributed by atoms with E-state index in [1.54, 1.807) is 12.1 Å². The molecule has 200 valence electrons. The summed E-state index contributed by atoms with van der Waals surface area (Å²) in [6.07, 6.45) is 4.62. The fourth-order valence-corrected chi connectivity index (χ4v) is 5.55. The van der Waals surface area contributed by atoms with Crippen molar-refractivity contribution in [1.29, 1.82) is 0 Å². The van der Waals surface area contributed by atoms with Crippen LogP contribution in [0.15, 0.2) is 83.3 Å². The molecule has 0 atom stereocenters. The van der Waals surface area contributed by atoms with Crippen LogP contribution in [0.25, 0.3) is 0 Å². The molecule has 0 saturated carbocycles. The zero-order valence-corrected chi connectivity index (χ0v) is 24.3. The highest BCUT2D eigenvalue weighted by Gasteiger charge is 2.27. The molecule has 7 heteroatoms. The van der Waals surface area contributed by atoms with Gasteiger partial charge in [-0.3, -0.25) is 15.0 Å². The first-order chi connectivity index (χ1) is 18.6. The Morgan fingerprint density at radius 2 is 1.55 bits per heavy atom. The van der Waals surface area contributed by atoms with Gasteiger partial charge >= 0.3 is 0 Å². The topological polar surface area (TPSA) is 44.8 Å². The zero-order chi connectivity index (χ0) is 26.7. The van der Waals surface area contributed by atoms with Crippen molar-refractivity contribution in [3.8, 4) is 5.75 Å². The Morgan fingerprint density at radius 1 is 0.921 bits per heavy atom. The van der Waals surface area contributed by atoms with Gasteiger partial charge in [0.1, 0.15) is 5.75 Å². The van der Waals surface area contributed by atoms with Crippen LogP contribution in [-0.4, -0.2) is 53.6 Å². The summed E-state index contributed by atoms with van der Waals surface area (Å²) < 4.78 is 6.64. The summed E-state index contributed by atoms with van der Waals surface area (Å²) in [7, 11) is 0. The van der Waals surface area contributed by atoms with Crippen LogP contribution in [0, 0.1) is 0 Å². The lowest BCUT2D eigenvalue weighted by Crippen LogP contribution is -2.53. The molecule has 38 heavy (non-hydrogen) atoms. The number of amides is 1. The number of nitrogens with one attached hydrogen (secondary N) is 1. The first-order valence-electron chi connectivity index (χ1n) is 13.4. The molecule has 1 aliphatic heterocycles. The molecule has 1 N–H and O–H groups in total. The fraction of sp³-hybridized carbons (Fsp3) is 0.355. The number of hydrogen-bond donors (Lipinski definition) is 1. The van der Waals surface area contributed by atoms with Crippen LogP contribution >= 0.6 is 28.1 Å². The molecule has 5 nitrogen and oxygen atoms in total. The van der Waals surface area contributed by atoms with E-state index in [2.05, 4.69) is 98.6 Å². The molecule has 3 aromatic carbocycles. The minimum Gasteiger partial charge on any atom is -0.492 e. The van der Waals surface area contributed by atoms with Gasteiger partial charge in [-0.2, -0.15) is 0 Å². The summed E-state index contributed by atoms with van der Waals surface area (Å²) >= 11 is 9.18. The first-order valence-corrected chi connectivity index (χ1v) is 14.6. The standard InChI is InChI=1S/C31H36BrN3O2S/c1-2-3-4-11-22-37-28-17-16-26(23-27(28)32)30(36)33-31(38)35-20-18-34(19-21-35)29(24-12-7-5-8-13-24)25-14-9-6-10-15-25/h5-10,12-17,23,29H,2-4,11,18-22H2,1H3,(H,33,36,38). The molecular weight excluding hydrogens is 558 g/mol. The smallest absolute Gasteiger partial charge is 0.257 e. The second-order valence-corrected chi connectivity index (χ2v) is 10.8. The molecule has 1 saturated heterocycles. The highest BCUT2D eigenvalue weighted by atomic mass is 79.9. The summed E-state index contributed by atoms with van der Waals surface area (Å²) in [5.41, 5.74) is 3.10. The molecular formula is C31H36BrN3O2S. The third-order valence-electron chi connectivity index (χ3n) is 6.87. The minimum absolute atomic E-state index is 0.187. The molecule has 4 rings (SSSR count). The monoisotopic (exact) mass is 593 g/mol. The van der Waals surface area contributed by atoms with Gasteiger partial charge in [-0.05, 0) is 63.9 Å². The van der Waals surface area contributed by atoms with Crippen molar-refractivity contribution in [3.63, 3.8) is 0 Å². The van der Waals surface area contributed by atoms with Crippen LogP contribution < -0.4 is 10.1 Å². The molecule has 0 radical (unpaired) electrons. The Morgan fingerprint density at radius 3 is 2.13 bits per heavy atom. The average molecular weight is 595 g/mol. The van der Waals surface area contributed by atoms with E-state index in [0.717, 1.165) is 42.8 Å². The van der Waals surface area contributed by atoms with Crippen LogP contribution in [0.2, 0.25) is 0 Å². The van der Waals surface area contributed by atoms with E-state index >= 15 is 0 Å². The minimum atomic E-state index is -0.209. The molecule has 1 aliphatic rings. The second kappa shape index (κ2) is 14.4. The van der Waals surface area contributed by atoms with Crippen molar-refractivity contribution < 1.29 is 9.53 Å². The summed E-state index contributed by atoms with van der Waals surface area (Å²) in [5, 5.41) is 3.40. The number of ether oxygens (including phenoxy) is 1. The molecule has 0 aliphatic carbocycles. The number of halogens is 1. The van der Waals surface area contributed by atoms with Gasteiger partial charge in [0, 0.05) is 31.7 Å². The predicted octanol–water partition coefficient (Wildman–Crippen LogP) is 6.83. The predicted molar refractivity (Wildman–Crippen MR) is 162 cm³/mol. The number of carbonyl (C=O) groups excluding carboxylic acids is 1. The van der Waals surface area contributed by atoms with Crippen LogP contribution in [0.3, 0.4) is 0 Å². The van der Waals surface area contributed by atoms with E-state index < -0.39 is 0 Å². The Balaban J connectivity index is 1.32. The molecule has 0 spiro atoms. The maximum absolute atomic E-state index is 12.9. The lowest BCUT2D eigenvalue weighted by atomic mass is 9.96. The number of nitrogens with zero attached hydrogens (tertiary/aromatic N) is 2. The van der Waals surface area contributed by atoms with E-state index in [1.165, 1.54) is 30.4 Å². The van der Waals surface area contributed by atoms with Crippen molar-refractivity contribution >= 4 is 39.2 Å². The molecule has 0 bridgehead atoms. The number of hydrogen-bond acceptors (Lipinski definition) is 4. The maximum Gasteiger partial charge on any atom is 0.257 e. The number of thiocarbonyl (C=S) groups is 1. The van der Waals surface area contributed by atoms with Gasteiger partial charge in [-0.15, -0.1) is 0 Å². The van der Waals surface area contributed by atoms with Gasteiger partial charge in [0.05, 0.1) is 17.1 Å². The Kier molecular flexibility index (Phi) is 10.7. The van der Waals surface area contributed by atoms with Gasteiger partial charge in [0.15, 0.2) is 5.11 Å². The molecule has 1 amide bonds. The van der Waals surface area contributed by atoms with Crippen molar-refractivity contribution in [1.82, 2.24) is 15.1 Å². The van der Waals surface area contributed by atoms with Gasteiger partial charge in [-0.25, -0.2) is 0 Å². The third kappa shape index (κ3) is 7.65. The van der Waals surface area contributed by atoms with E-state index in [-0.39, 0.29) is 11.9 Å². The van der Waals surface area contributed by atoms with Crippen LogP contribution in [-0.2, 0) is 0 Å². The Bertz CT molecular complexity index is 1140. The number of unbranched alkanes of at least 4 members (excludes halogenated alkanes) is 3. The average Bonchev–Trinajstić information content (AvgIpc) is 2.95. The third-order valence-corrected chi connectivity index (χ3v) is 7.85. The van der Waals surface area contributed by atoms with E-state index in [4.69, 9.17) is 17.0 Å². The maximum atomic E-state index is 12.9. The van der Waals surface area contributed by atoms with E-state index in [1.807, 2.05) is 6.07 Å². The SMILES string of the molecule is CCCCCCOc1ccc(C(=O)NC(=S)N2CCN(C(c3ccccc3)c3ccccc3)CC2)cc1Br. The van der Waals surface area contributed by atoms with E-state index in [0.29, 0.717) is 17.3 Å². The van der Waals surface area contributed by atoms with Crippen molar-refractivity contribution in [2.24, 2.45) is 0 Å². The summed E-state index contributed by atoms with van der Waals surface area (Å²) in [6, 6.07) is 26.9. The largest absolute Gasteiger partial charge is 0.492 e. The Hall–Kier alpha value is -2.74. The van der Waals surface area contributed by atoms with Gasteiger partial charge < -0.3 is 9.64 Å². The van der Waals surface area contributed by atoms with Crippen LogP contribution in [0.4, 0.5) is 0 Å². The summed E-state index contributed by atoms with van der Waals surface area (Å²) in [5.74, 6) is 0.544. The molecule has 0 unspecified atom stereocenters. The lowest BCUT2D eigenvalue weighted by Gasteiger charge is -2.40.